The summed E-state index contributed by atoms with van der Waals surface area (Å²) in [7, 11) is 0. The van der Waals surface area contributed by atoms with Crippen molar-refractivity contribution in [1.29, 1.82) is 0 Å². The number of aliphatic hydroxyl groups is 1. The molecule has 0 aromatic carbocycles. The molecule has 0 fully saturated rings. The molecule has 5 heteroatoms. The average Bonchev–Trinajstić information content (AvgIpc) is 2.57. The molecule has 0 spiro atoms. The quantitative estimate of drug-likeness (QED) is 0.554. The molecular formula is C20H36N2O3. The molecule has 0 bridgehead atoms. The monoisotopic (exact) mass is 352 g/mol. The Bertz CT molecular complexity index is 490. The highest BCUT2D eigenvalue weighted by molar-refractivity contribution is 5.66. The van der Waals surface area contributed by atoms with E-state index < -0.39 is 5.97 Å². The number of aliphatic hydroxyl groups excluding tert-OH is 1. The molecule has 1 heterocycles. The van der Waals surface area contributed by atoms with Crippen LogP contribution in [0.4, 0.5) is 0 Å². The number of aromatic nitrogens is 2. The van der Waals surface area contributed by atoms with Gasteiger partial charge in [0.1, 0.15) is 0 Å². The SMILES string of the molecule is CCCCCCCCCCCC(=O)O.Cc1nc(C)c(CO)nc1C. The minimum Gasteiger partial charge on any atom is -0.481 e. The summed E-state index contributed by atoms with van der Waals surface area (Å²) in [5, 5.41) is 17.2. The lowest BCUT2D eigenvalue weighted by atomic mass is 10.1. The molecule has 2 N–H and O–H groups in total. The maximum atomic E-state index is 10.2. The van der Waals surface area contributed by atoms with Gasteiger partial charge < -0.3 is 10.2 Å². The highest BCUT2D eigenvalue weighted by Crippen LogP contribution is 2.10. The fraction of sp³-hybridized carbons (Fsp3) is 0.750. The number of unbranched alkanes of at least 4 members (excludes halogenated alkanes) is 8. The van der Waals surface area contributed by atoms with Gasteiger partial charge in [0.2, 0.25) is 0 Å². The number of nitrogens with zero attached hydrogens (tertiary/aromatic N) is 2. The zero-order chi connectivity index (χ0) is 19.1. The fourth-order valence-electron chi connectivity index (χ4n) is 2.50. The van der Waals surface area contributed by atoms with Gasteiger partial charge in [-0.3, -0.25) is 14.8 Å². The van der Waals surface area contributed by atoms with E-state index in [2.05, 4.69) is 16.9 Å². The van der Waals surface area contributed by atoms with Gasteiger partial charge in [0, 0.05) is 6.42 Å². The van der Waals surface area contributed by atoms with Gasteiger partial charge in [0.05, 0.1) is 29.4 Å². The van der Waals surface area contributed by atoms with Crippen LogP contribution in [0.2, 0.25) is 0 Å². The molecule has 0 amide bonds. The van der Waals surface area contributed by atoms with E-state index in [0.717, 1.165) is 29.9 Å². The molecule has 0 unspecified atom stereocenters. The van der Waals surface area contributed by atoms with Crippen molar-refractivity contribution >= 4 is 5.97 Å². The molecular weight excluding hydrogens is 316 g/mol. The lowest BCUT2D eigenvalue weighted by Gasteiger charge is -2.04. The zero-order valence-corrected chi connectivity index (χ0v) is 16.5. The second-order valence-corrected chi connectivity index (χ2v) is 6.56. The van der Waals surface area contributed by atoms with Crippen LogP contribution in [0, 0.1) is 20.8 Å². The third kappa shape index (κ3) is 12.5. The number of carboxylic acids is 1. The molecule has 1 aromatic heterocycles. The Morgan fingerprint density at radius 1 is 0.800 bits per heavy atom. The largest absolute Gasteiger partial charge is 0.481 e. The molecule has 0 atom stereocenters. The molecule has 5 nitrogen and oxygen atoms in total. The molecule has 0 aliphatic rings. The lowest BCUT2D eigenvalue weighted by Crippen LogP contribution is -2.01. The van der Waals surface area contributed by atoms with Crippen LogP contribution in [0.3, 0.4) is 0 Å². The molecule has 0 saturated heterocycles. The summed E-state index contributed by atoms with van der Waals surface area (Å²) in [5.74, 6) is -0.659. The summed E-state index contributed by atoms with van der Waals surface area (Å²) in [4.78, 5) is 18.6. The van der Waals surface area contributed by atoms with Crippen molar-refractivity contribution in [2.24, 2.45) is 0 Å². The van der Waals surface area contributed by atoms with Crippen LogP contribution >= 0.6 is 0 Å². The van der Waals surface area contributed by atoms with E-state index in [0.29, 0.717) is 12.1 Å². The highest BCUT2D eigenvalue weighted by atomic mass is 16.4. The molecule has 0 aliphatic carbocycles. The van der Waals surface area contributed by atoms with Gasteiger partial charge in [-0.05, 0) is 27.2 Å². The van der Waals surface area contributed by atoms with Crippen molar-refractivity contribution in [3.05, 3.63) is 22.8 Å². The molecule has 1 rings (SSSR count). The van der Waals surface area contributed by atoms with Crippen LogP contribution in [-0.4, -0.2) is 26.2 Å². The van der Waals surface area contributed by atoms with Gasteiger partial charge in [0.15, 0.2) is 0 Å². The number of hydrogen-bond donors (Lipinski definition) is 2. The van der Waals surface area contributed by atoms with E-state index in [1.165, 1.54) is 44.9 Å². The standard InChI is InChI=1S/C12H24O2.C8H12N2O/c1-2-3-4-5-6-7-8-9-10-11-12(13)14;1-5-6(2)10-8(4-11)7(3)9-5/h2-11H2,1H3,(H,13,14);11H,4H2,1-3H3. The molecule has 25 heavy (non-hydrogen) atoms. The summed E-state index contributed by atoms with van der Waals surface area (Å²) < 4.78 is 0. The Morgan fingerprint density at radius 2 is 1.28 bits per heavy atom. The van der Waals surface area contributed by atoms with Gasteiger partial charge in [-0.25, -0.2) is 0 Å². The van der Waals surface area contributed by atoms with E-state index in [1.54, 1.807) is 0 Å². The van der Waals surface area contributed by atoms with E-state index in [4.69, 9.17) is 10.2 Å². The summed E-state index contributed by atoms with van der Waals surface area (Å²) in [6, 6.07) is 0. The summed E-state index contributed by atoms with van der Waals surface area (Å²) in [5.41, 5.74) is 3.31. The molecule has 0 aliphatic heterocycles. The highest BCUT2D eigenvalue weighted by Gasteiger charge is 2.02. The topological polar surface area (TPSA) is 83.3 Å². The third-order valence-corrected chi connectivity index (χ3v) is 4.22. The number of aryl methyl sites for hydroxylation is 3. The fourth-order valence-corrected chi connectivity index (χ4v) is 2.50. The van der Waals surface area contributed by atoms with Gasteiger partial charge in [0.25, 0.3) is 0 Å². The maximum Gasteiger partial charge on any atom is 0.303 e. The normalized spacial score (nSPS) is 10.3. The second kappa shape index (κ2) is 14.8. The molecule has 0 saturated carbocycles. The Labute approximate surface area is 152 Å². The van der Waals surface area contributed by atoms with Gasteiger partial charge in [-0.15, -0.1) is 0 Å². The number of hydrogen-bond acceptors (Lipinski definition) is 4. The first-order valence-electron chi connectivity index (χ1n) is 9.55. The van der Waals surface area contributed by atoms with Crippen LogP contribution in [0.5, 0.6) is 0 Å². The van der Waals surface area contributed by atoms with E-state index in [9.17, 15) is 4.79 Å². The number of aliphatic carboxylic acids is 1. The van der Waals surface area contributed by atoms with Crippen LogP contribution in [0.15, 0.2) is 0 Å². The van der Waals surface area contributed by atoms with E-state index in [1.807, 2.05) is 20.8 Å². The van der Waals surface area contributed by atoms with Crippen LogP contribution in [-0.2, 0) is 11.4 Å². The first kappa shape index (κ1) is 23.5. The van der Waals surface area contributed by atoms with Crippen molar-refractivity contribution in [2.75, 3.05) is 0 Å². The molecule has 0 radical (unpaired) electrons. The molecule has 144 valence electrons. The Hall–Kier alpha value is -1.49. The minimum absolute atomic E-state index is 0.0278. The van der Waals surface area contributed by atoms with Gasteiger partial charge in [-0.1, -0.05) is 58.3 Å². The first-order valence-corrected chi connectivity index (χ1v) is 9.55. The second-order valence-electron chi connectivity index (χ2n) is 6.56. The predicted molar refractivity (Wildman–Crippen MR) is 102 cm³/mol. The lowest BCUT2D eigenvalue weighted by molar-refractivity contribution is -0.137. The van der Waals surface area contributed by atoms with Crippen molar-refractivity contribution < 1.29 is 15.0 Å². The average molecular weight is 353 g/mol. The minimum atomic E-state index is -0.659. The zero-order valence-electron chi connectivity index (χ0n) is 16.5. The third-order valence-electron chi connectivity index (χ3n) is 4.22. The number of rotatable bonds is 11. The summed E-state index contributed by atoms with van der Waals surface area (Å²) >= 11 is 0. The van der Waals surface area contributed by atoms with E-state index >= 15 is 0 Å². The Balaban J connectivity index is 0.000000472. The Kier molecular flexibility index (Phi) is 13.9. The van der Waals surface area contributed by atoms with Crippen LogP contribution in [0.1, 0.15) is 93.9 Å². The Morgan fingerprint density at radius 3 is 1.76 bits per heavy atom. The van der Waals surface area contributed by atoms with Crippen LogP contribution in [0.25, 0.3) is 0 Å². The first-order chi connectivity index (χ1) is 11.9. The van der Waals surface area contributed by atoms with Crippen molar-refractivity contribution in [3.8, 4) is 0 Å². The smallest absolute Gasteiger partial charge is 0.303 e. The summed E-state index contributed by atoms with van der Waals surface area (Å²) in [6.45, 7) is 7.86. The van der Waals surface area contributed by atoms with Crippen LogP contribution < -0.4 is 0 Å². The van der Waals surface area contributed by atoms with E-state index in [-0.39, 0.29) is 6.61 Å². The maximum absolute atomic E-state index is 10.2. The van der Waals surface area contributed by atoms with Crippen molar-refractivity contribution in [1.82, 2.24) is 9.97 Å². The number of carbonyl (C=O) groups is 1. The van der Waals surface area contributed by atoms with Crippen molar-refractivity contribution in [3.63, 3.8) is 0 Å². The number of carboxylic acid groups (broad SMARTS) is 1. The van der Waals surface area contributed by atoms with Gasteiger partial charge >= 0.3 is 5.97 Å². The predicted octanol–water partition coefficient (Wildman–Crippen LogP) is 4.89. The van der Waals surface area contributed by atoms with Crippen molar-refractivity contribution in [2.45, 2.75) is 98.5 Å². The molecule has 1 aromatic rings. The van der Waals surface area contributed by atoms with Gasteiger partial charge in [-0.2, -0.15) is 0 Å². The summed E-state index contributed by atoms with van der Waals surface area (Å²) in [6.07, 6.45) is 11.5.